The minimum Gasteiger partial charge on any atom is -0.497 e. The van der Waals surface area contributed by atoms with Crippen LogP contribution in [0.5, 0.6) is 5.75 Å². The average Bonchev–Trinajstić information content (AvgIpc) is 2.37. The summed E-state index contributed by atoms with van der Waals surface area (Å²) in [6.45, 7) is 6.64. The number of ether oxygens (including phenoxy) is 1. The van der Waals surface area contributed by atoms with E-state index in [0.29, 0.717) is 11.3 Å². The van der Waals surface area contributed by atoms with Gasteiger partial charge in [-0.25, -0.2) is 0 Å². The number of hydrogen-bond donors (Lipinski definition) is 1. The van der Waals surface area contributed by atoms with Crippen LogP contribution in [-0.2, 0) is 6.54 Å². The minimum atomic E-state index is 0.592. The highest BCUT2D eigenvalue weighted by Crippen LogP contribution is 2.28. The number of nitrogens with zero attached hydrogens (tertiary/aromatic N) is 1. The third-order valence-corrected chi connectivity index (χ3v) is 5.08. The van der Waals surface area contributed by atoms with Crippen LogP contribution in [0.2, 0.25) is 0 Å². The molecular weight excluding hydrogens is 244 g/mol. The molecule has 1 aromatic carbocycles. The molecule has 1 aromatic rings. The second-order valence-electron chi connectivity index (χ2n) is 4.85. The summed E-state index contributed by atoms with van der Waals surface area (Å²) in [5.74, 6) is 2.08. The van der Waals surface area contributed by atoms with Crippen molar-refractivity contribution in [1.82, 2.24) is 4.90 Å². The van der Waals surface area contributed by atoms with Crippen LogP contribution in [0.25, 0.3) is 0 Å². The van der Waals surface area contributed by atoms with Crippen molar-refractivity contribution >= 4 is 17.4 Å². The molecule has 1 aliphatic rings. The van der Waals surface area contributed by atoms with Gasteiger partial charge in [-0.1, -0.05) is 6.92 Å². The fraction of sp³-hybridized carbons (Fsp3) is 0.571. The van der Waals surface area contributed by atoms with E-state index >= 15 is 0 Å². The van der Waals surface area contributed by atoms with Gasteiger partial charge in [-0.05, 0) is 30.7 Å². The number of nitrogen functional groups attached to an aromatic ring is 1. The van der Waals surface area contributed by atoms with Crippen LogP contribution >= 0.6 is 11.8 Å². The van der Waals surface area contributed by atoms with Crippen molar-refractivity contribution in [2.24, 2.45) is 0 Å². The van der Waals surface area contributed by atoms with E-state index in [1.54, 1.807) is 7.11 Å². The number of rotatable bonds is 3. The normalized spacial score (nSPS) is 25.1. The zero-order valence-electron chi connectivity index (χ0n) is 11.3. The van der Waals surface area contributed by atoms with Crippen molar-refractivity contribution in [1.29, 1.82) is 0 Å². The summed E-state index contributed by atoms with van der Waals surface area (Å²) in [4.78, 5) is 2.51. The standard InChI is InChI=1S/C14H22N2OS/c1-10-11(2)18-7-6-16(10)9-12-8-13(17-3)4-5-14(12)15/h4-5,8,10-11H,6-7,9,15H2,1-3H3. The SMILES string of the molecule is COc1ccc(N)c(CN2CCSC(C)C2C)c1. The Labute approximate surface area is 114 Å². The summed E-state index contributed by atoms with van der Waals surface area (Å²) in [5.41, 5.74) is 8.08. The van der Waals surface area contributed by atoms with Gasteiger partial charge >= 0.3 is 0 Å². The second kappa shape index (κ2) is 5.85. The van der Waals surface area contributed by atoms with Crippen molar-refractivity contribution in [2.45, 2.75) is 31.7 Å². The zero-order valence-corrected chi connectivity index (χ0v) is 12.2. The molecule has 3 nitrogen and oxygen atoms in total. The summed E-state index contributed by atoms with van der Waals surface area (Å²) in [6, 6.07) is 6.49. The van der Waals surface area contributed by atoms with E-state index in [-0.39, 0.29) is 0 Å². The highest BCUT2D eigenvalue weighted by molar-refractivity contribution is 8.00. The summed E-state index contributed by atoms with van der Waals surface area (Å²) in [5, 5.41) is 0.686. The fourth-order valence-electron chi connectivity index (χ4n) is 2.28. The Kier molecular flexibility index (Phi) is 4.40. The lowest BCUT2D eigenvalue weighted by Crippen LogP contribution is -2.44. The minimum absolute atomic E-state index is 0.592. The predicted molar refractivity (Wildman–Crippen MR) is 79.2 cm³/mol. The first-order valence-electron chi connectivity index (χ1n) is 6.40. The summed E-state index contributed by atoms with van der Waals surface area (Å²) in [6.07, 6.45) is 0. The molecule has 2 N–H and O–H groups in total. The number of nitrogens with two attached hydrogens (primary N) is 1. The van der Waals surface area contributed by atoms with E-state index in [2.05, 4.69) is 36.6 Å². The van der Waals surface area contributed by atoms with Gasteiger partial charge in [-0.15, -0.1) is 0 Å². The van der Waals surface area contributed by atoms with Gasteiger partial charge < -0.3 is 10.5 Å². The van der Waals surface area contributed by atoms with Crippen LogP contribution in [0.15, 0.2) is 18.2 Å². The molecule has 0 spiro atoms. The lowest BCUT2D eigenvalue weighted by atomic mass is 10.1. The Bertz CT molecular complexity index is 411. The molecule has 0 aliphatic carbocycles. The first-order chi connectivity index (χ1) is 8.61. The molecule has 2 rings (SSSR count). The number of thioether (sulfide) groups is 1. The predicted octanol–water partition coefficient (Wildman–Crippen LogP) is 2.60. The number of anilines is 1. The van der Waals surface area contributed by atoms with Crippen molar-refractivity contribution in [3.8, 4) is 5.75 Å². The first-order valence-corrected chi connectivity index (χ1v) is 7.44. The Morgan fingerprint density at radius 3 is 2.94 bits per heavy atom. The molecule has 18 heavy (non-hydrogen) atoms. The molecule has 2 atom stereocenters. The Morgan fingerprint density at radius 1 is 1.44 bits per heavy atom. The molecular formula is C14H22N2OS. The fourth-order valence-corrected chi connectivity index (χ4v) is 3.45. The van der Waals surface area contributed by atoms with Crippen molar-refractivity contribution < 1.29 is 4.74 Å². The molecule has 0 aromatic heterocycles. The smallest absolute Gasteiger partial charge is 0.119 e. The van der Waals surface area contributed by atoms with Gasteiger partial charge in [0.05, 0.1) is 7.11 Å². The summed E-state index contributed by atoms with van der Waals surface area (Å²) < 4.78 is 5.27. The molecule has 1 saturated heterocycles. The van der Waals surface area contributed by atoms with Gasteiger partial charge in [0.1, 0.15) is 5.75 Å². The number of benzene rings is 1. The van der Waals surface area contributed by atoms with Crippen LogP contribution in [0, 0.1) is 0 Å². The number of hydrogen-bond acceptors (Lipinski definition) is 4. The highest BCUT2D eigenvalue weighted by atomic mass is 32.2. The largest absolute Gasteiger partial charge is 0.497 e. The van der Waals surface area contributed by atoms with Crippen molar-refractivity contribution in [3.05, 3.63) is 23.8 Å². The van der Waals surface area contributed by atoms with Gasteiger partial charge in [-0.2, -0.15) is 11.8 Å². The monoisotopic (exact) mass is 266 g/mol. The zero-order chi connectivity index (χ0) is 13.1. The maximum absolute atomic E-state index is 6.05. The molecule has 0 radical (unpaired) electrons. The lowest BCUT2D eigenvalue weighted by molar-refractivity contribution is 0.204. The van der Waals surface area contributed by atoms with Gasteiger partial charge in [0.2, 0.25) is 0 Å². The first kappa shape index (κ1) is 13.6. The second-order valence-corrected chi connectivity index (χ2v) is 6.34. The van der Waals surface area contributed by atoms with Crippen LogP contribution in [0.1, 0.15) is 19.4 Å². The third kappa shape index (κ3) is 2.93. The Balaban J connectivity index is 2.12. The summed E-state index contributed by atoms with van der Waals surface area (Å²) >= 11 is 2.05. The lowest BCUT2D eigenvalue weighted by Gasteiger charge is -2.37. The molecule has 100 valence electrons. The Morgan fingerprint density at radius 2 is 2.22 bits per heavy atom. The van der Waals surface area contributed by atoms with Crippen LogP contribution in [0.3, 0.4) is 0 Å². The molecule has 1 aliphatic heterocycles. The van der Waals surface area contributed by atoms with Crippen LogP contribution < -0.4 is 10.5 Å². The molecule has 2 unspecified atom stereocenters. The topological polar surface area (TPSA) is 38.5 Å². The van der Waals surface area contributed by atoms with E-state index in [4.69, 9.17) is 10.5 Å². The molecule has 1 fully saturated rings. The van der Waals surface area contributed by atoms with Crippen LogP contribution in [0.4, 0.5) is 5.69 Å². The molecule has 1 heterocycles. The van der Waals surface area contributed by atoms with Gasteiger partial charge in [0.15, 0.2) is 0 Å². The van der Waals surface area contributed by atoms with E-state index in [1.165, 1.54) is 11.3 Å². The van der Waals surface area contributed by atoms with Gasteiger partial charge in [0, 0.05) is 35.8 Å². The average molecular weight is 266 g/mol. The van der Waals surface area contributed by atoms with E-state index < -0.39 is 0 Å². The van der Waals surface area contributed by atoms with E-state index in [0.717, 1.165) is 24.5 Å². The van der Waals surface area contributed by atoms with Crippen LogP contribution in [-0.4, -0.2) is 35.6 Å². The molecule has 0 bridgehead atoms. The van der Waals surface area contributed by atoms with E-state index in [9.17, 15) is 0 Å². The molecule has 0 amide bonds. The van der Waals surface area contributed by atoms with Gasteiger partial charge in [-0.3, -0.25) is 4.90 Å². The summed E-state index contributed by atoms with van der Waals surface area (Å²) in [7, 11) is 1.69. The van der Waals surface area contributed by atoms with Crippen molar-refractivity contribution in [2.75, 3.05) is 25.1 Å². The maximum Gasteiger partial charge on any atom is 0.119 e. The number of methoxy groups -OCH3 is 1. The quantitative estimate of drug-likeness (QED) is 0.854. The Hall–Kier alpha value is -0.870. The van der Waals surface area contributed by atoms with E-state index in [1.807, 2.05) is 12.1 Å². The maximum atomic E-state index is 6.05. The third-order valence-electron chi connectivity index (χ3n) is 3.74. The van der Waals surface area contributed by atoms with Crippen molar-refractivity contribution in [3.63, 3.8) is 0 Å². The van der Waals surface area contributed by atoms with Gasteiger partial charge in [0.25, 0.3) is 0 Å². The molecule has 0 saturated carbocycles. The highest BCUT2D eigenvalue weighted by Gasteiger charge is 2.25. The molecule has 4 heteroatoms.